The summed E-state index contributed by atoms with van der Waals surface area (Å²) in [5, 5.41) is 3.48. The topological polar surface area (TPSA) is 52.7 Å². The summed E-state index contributed by atoms with van der Waals surface area (Å²) in [6, 6.07) is 7.31. The standard InChI is InChI=1S/C16H25N3O2S/c1-18(2)22(20,21)15-5-3-14(4-6-15)11-19-10-8-16(13-19)7-9-17-12-16/h3-6,17H,7-13H2,1-2H3. The Morgan fingerprint density at radius 1 is 1.23 bits per heavy atom. The van der Waals surface area contributed by atoms with Crippen LogP contribution in [-0.4, -0.2) is 57.9 Å². The van der Waals surface area contributed by atoms with Gasteiger partial charge >= 0.3 is 0 Å². The Hall–Kier alpha value is -0.950. The molecule has 2 saturated heterocycles. The summed E-state index contributed by atoms with van der Waals surface area (Å²) in [6.45, 7) is 5.48. The Balaban J connectivity index is 1.65. The quantitative estimate of drug-likeness (QED) is 0.902. The van der Waals surface area contributed by atoms with Crippen LogP contribution in [0.5, 0.6) is 0 Å². The molecular weight excluding hydrogens is 298 g/mol. The van der Waals surface area contributed by atoms with Crippen molar-refractivity contribution in [1.29, 1.82) is 0 Å². The number of benzene rings is 1. The predicted octanol–water partition coefficient (Wildman–Crippen LogP) is 1.12. The van der Waals surface area contributed by atoms with Gasteiger partial charge in [-0.15, -0.1) is 0 Å². The van der Waals surface area contributed by atoms with Crippen molar-refractivity contribution in [2.24, 2.45) is 5.41 Å². The lowest BCUT2D eigenvalue weighted by Gasteiger charge is -2.23. The maximum atomic E-state index is 12.1. The summed E-state index contributed by atoms with van der Waals surface area (Å²) in [7, 11) is -0.211. The number of hydrogen-bond donors (Lipinski definition) is 1. The van der Waals surface area contributed by atoms with Crippen LogP contribution in [0, 0.1) is 5.41 Å². The van der Waals surface area contributed by atoms with Gasteiger partial charge in [0.05, 0.1) is 4.90 Å². The lowest BCUT2D eigenvalue weighted by molar-refractivity contribution is 0.268. The van der Waals surface area contributed by atoms with E-state index in [1.54, 1.807) is 26.2 Å². The Morgan fingerprint density at radius 2 is 1.95 bits per heavy atom. The highest BCUT2D eigenvalue weighted by Crippen LogP contribution is 2.36. The number of hydrogen-bond acceptors (Lipinski definition) is 4. The van der Waals surface area contributed by atoms with Crippen LogP contribution >= 0.6 is 0 Å². The summed E-state index contributed by atoms with van der Waals surface area (Å²) in [4.78, 5) is 2.85. The molecule has 0 radical (unpaired) electrons. The first kappa shape index (κ1) is 15.9. The Kier molecular flexibility index (Phi) is 4.29. The average molecular weight is 323 g/mol. The Morgan fingerprint density at radius 3 is 2.55 bits per heavy atom. The molecule has 0 aliphatic carbocycles. The number of nitrogens with one attached hydrogen (secondary N) is 1. The third-order valence-corrected chi connectivity index (χ3v) is 6.79. The monoisotopic (exact) mass is 323 g/mol. The van der Waals surface area contributed by atoms with Gasteiger partial charge in [0.1, 0.15) is 0 Å². The number of likely N-dealkylation sites (tertiary alicyclic amines) is 1. The summed E-state index contributed by atoms with van der Waals surface area (Å²) in [5.74, 6) is 0. The van der Waals surface area contributed by atoms with Crippen LogP contribution in [0.2, 0.25) is 0 Å². The summed E-state index contributed by atoms with van der Waals surface area (Å²) in [6.07, 6.45) is 2.55. The number of nitrogens with zero attached hydrogens (tertiary/aromatic N) is 2. The molecule has 0 amide bonds. The molecule has 0 aromatic heterocycles. The first-order chi connectivity index (χ1) is 10.4. The molecule has 1 aromatic rings. The maximum Gasteiger partial charge on any atom is 0.242 e. The summed E-state index contributed by atoms with van der Waals surface area (Å²) in [5.41, 5.74) is 1.66. The fraction of sp³-hybridized carbons (Fsp3) is 0.625. The molecule has 5 nitrogen and oxygen atoms in total. The zero-order chi connectivity index (χ0) is 15.8. The van der Waals surface area contributed by atoms with Gasteiger partial charge in [-0.05, 0) is 49.0 Å². The normalized spacial score (nSPS) is 26.3. The van der Waals surface area contributed by atoms with Crippen molar-refractivity contribution in [2.45, 2.75) is 24.3 Å². The second-order valence-electron chi connectivity index (χ2n) is 6.82. The second kappa shape index (κ2) is 5.92. The molecule has 1 N–H and O–H groups in total. The van der Waals surface area contributed by atoms with Gasteiger partial charge < -0.3 is 5.32 Å². The average Bonchev–Trinajstić information content (AvgIpc) is 3.10. The molecular formula is C16H25N3O2S. The molecule has 0 saturated carbocycles. The zero-order valence-electron chi connectivity index (χ0n) is 13.4. The molecule has 2 aliphatic rings. The van der Waals surface area contributed by atoms with Gasteiger partial charge in [-0.25, -0.2) is 12.7 Å². The molecule has 1 unspecified atom stereocenters. The van der Waals surface area contributed by atoms with Crippen molar-refractivity contribution in [3.63, 3.8) is 0 Å². The van der Waals surface area contributed by atoms with E-state index in [0.29, 0.717) is 10.3 Å². The van der Waals surface area contributed by atoms with E-state index < -0.39 is 10.0 Å². The highest BCUT2D eigenvalue weighted by atomic mass is 32.2. The third kappa shape index (κ3) is 3.06. The van der Waals surface area contributed by atoms with Crippen molar-refractivity contribution in [1.82, 2.24) is 14.5 Å². The smallest absolute Gasteiger partial charge is 0.242 e. The molecule has 0 bridgehead atoms. The fourth-order valence-electron chi connectivity index (χ4n) is 3.54. The van der Waals surface area contributed by atoms with Crippen LogP contribution in [0.25, 0.3) is 0 Å². The van der Waals surface area contributed by atoms with E-state index in [9.17, 15) is 8.42 Å². The highest BCUT2D eigenvalue weighted by molar-refractivity contribution is 7.89. The van der Waals surface area contributed by atoms with Gasteiger partial charge in [-0.3, -0.25) is 4.90 Å². The van der Waals surface area contributed by atoms with Gasteiger partial charge in [-0.1, -0.05) is 12.1 Å². The van der Waals surface area contributed by atoms with E-state index in [4.69, 9.17) is 0 Å². The summed E-state index contributed by atoms with van der Waals surface area (Å²) < 4.78 is 25.4. The van der Waals surface area contributed by atoms with E-state index in [0.717, 1.165) is 32.7 Å². The largest absolute Gasteiger partial charge is 0.316 e. The summed E-state index contributed by atoms with van der Waals surface area (Å²) >= 11 is 0. The molecule has 2 heterocycles. The van der Waals surface area contributed by atoms with Gasteiger partial charge in [0, 0.05) is 33.7 Å². The highest BCUT2D eigenvalue weighted by Gasteiger charge is 2.39. The van der Waals surface area contributed by atoms with Crippen LogP contribution in [-0.2, 0) is 16.6 Å². The molecule has 3 rings (SSSR count). The fourth-order valence-corrected chi connectivity index (χ4v) is 4.44. The van der Waals surface area contributed by atoms with Gasteiger partial charge in [0.15, 0.2) is 0 Å². The van der Waals surface area contributed by atoms with E-state index in [-0.39, 0.29) is 0 Å². The van der Waals surface area contributed by atoms with E-state index >= 15 is 0 Å². The van der Waals surface area contributed by atoms with Crippen molar-refractivity contribution in [2.75, 3.05) is 40.3 Å². The Bertz CT molecular complexity index is 619. The van der Waals surface area contributed by atoms with Crippen LogP contribution in [0.15, 0.2) is 29.2 Å². The minimum absolute atomic E-state index is 0.360. The lowest BCUT2D eigenvalue weighted by atomic mass is 9.87. The van der Waals surface area contributed by atoms with Crippen LogP contribution in [0.4, 0.5) is 0 Å². The zero-order valence-corrected chi connectivity index (χ0v) is 14.2. The molecule has 2 aliphatic heterocycles. The van der Waals surface area contributed by atoms with E-state index in [1.165, 1.54) is 22.7 Å². The van der Waals surface area contributed by atoms with Crippen molar-refractivity contribution < 1.29 is 8.42 Å². The third-order valence-electron chi connectivity index (χ3n) is 4.96. The molecule has 22 heavy (non-hydrogen) atoms. The van der Waals surface area contributed by atoms with Crippen molar-refractivity contribution in [3.8, 4) is 0 Å². The minimum Gasteiger partial charge on any atom is -0.316 e. The molecule has 2 fully saturated rings. The number of sulfonamides is 1. The Labute approximate surface area is 133 Å². The first-order valence-electron chi connectivity index (χ1n) is 7.86. The molecule has 1 atom stereocenters. The molecule has 1 aromatic carbocycles. The lowest BCUT2D eigenvalue weighted by Crippen LogP contribution is -2.29. The molecule has 122 valence electrons. The second-order valence-corrected chi connectivity index (χ2v) is 8.97. The van der Waals surface area contributed by atoms with Gasteiger partial charge in [0.2, 0.25) is 10.0 Å². The first-order valence-corrected chi connectivity index (χ1v) is 9.30. The van der Waals surface area contributed by atoms with E-state index in [1.807, 2.05) is 12.1 Å². The van der Waals surface area contributed by atoms with Crippen LogP contribution in [0.1, 0.15) is 18.4 Å². The predicted molar refractivity (Wildman–Crippen MR) is 87.1 cm³/mol. The van der Waals surface area contributed by atoms with Crippen molar-refractivity contribution in [3.05, 3.63) is 29.8 Å². The van der Waals surface area contributed by atoms with Crippen molar-refractivity contribution >= 4 is 10.0 Å². The SMILES string of the molecule is CN(C)S(=O)(=O)c1ccc(CN2CCC3(CCNC3)C2)cc1. The van der Waals surface area contributed by atoms with Gasteiger partial charge in [-0.2, -0.15) is 0 Å². The molecule has 1 spiro atoms. The number of rotatable bonds is 4. The minimum atomic E-state index is -3.33. The maximum absolute atomic E-state index is 12.1. The van der Waals surface area contributed by atoms with Crippen LogP contribution in [0.3, 0.4) is 0 Å². The molecule has 6 heteroatoms. The van der Waals surface area contributed by atoms with Gasteiger partial charge in [0.25, 0.3) is 0 Å². The van der Waals surface area contributed by atoms with E-state index in [2.05, 4.69) is 10.2 Å². The van der Waals surface area contributed by atoms with Crippen LogP contribution < -0.4 is 5.32 Å².